The Balaban J connectivity index is 1.50. The Hall–Kier alpha value is -3.00. The van der Waals surface area contributed by atoms with E-state index in [-0.39, 0.29) is 12.4 Å². The first kappa shape index (κ1) is 14.6. The minimum atomic E-state index is -0.306. The van der Waals surface area contributed by atoms with Crippen molar-refractivity contribution >= 4 is 28.4 Å². The molecular formula is C16H11FN4O2S. The van der Waals surface area contributed by atoms with Gasteiger partial charge in [-0.3, -0.25) is 0 Å². The van der Waals surface area contributed by atoms with Crippen LogP contribution in [0.15, 0.2) is 47.1 Å². The molecule has 120 valence electrons. The van der Waals surface area contributed by atoms with Crippen molar-refractivity contribution in [1.82, 2.24) is 19.8 Å². The summed E-state index contributed by atoms with van der Waals surface area (Å²) in [7, 11) is 0. The number of hydrogen-bond donors (Lipinski definition) is 0. The molecule has 0 unspecified atom stereocenters. The molecule has 0 saturated heterocycles. The zero-order valence-corrected chi connectivity index (χ0v) is 13.1. The molecule has 0 aliphatic heterocycles. The summed E-state index contributed by atoms with van der Waals surface area (Å²) in [6.07, 6.45) is 5.30. The fourth-order valence-corrected chi connectivity index (χ4v) is 2.81. The second-order valence-electron chi connectivity index (χ2n) is 4.84. The van der Waals surface area contributed by atoms with Crippen LogP contribution in [0.1, 0.15) is 16.6 Å². The lowest BCUT2D eigenvalue weighted by atomic mass is 10.3. The van der Waals surface area contributed by atoms with E-state index < -0.39 is 0 Å². The van der Waals surface area contributed by atoms with Crippen molar-refractivity contribution < 1.29 is 13.5 Å². The number of ether oxygens (including phenoxy) is 1. The Morgan fingerprint density at radius 1 is 1.17 bits per heavy atom. The van der Waals surface area contributed by atoms with Crippen LogP contribution in [0.25, 0.3) is 17.1 Å². The Morgan fingerprint density at radius 3 is 2.83 bits per heavy atom. The first-order chi connectivity index (χ1) is 11.8. The average Bonchev–Trinajstić information content (AvgIpc) is 3.30. The molecule has 0 fully saturated rings. The highest BCUT2D eigenvalue weighted by Crippen LogP contribution is 2.18. The standard InChI is InChI=1S/C16H11FN4O2S/c17-11-3-5-13(6-4-11)23-10-14-18-19-16-21(14)20-15(24-16)8-7-12-2-1-9-22-12/h1-9H,10H2. The average molecular weight is 342 g/mol. The molecular weight excluding hydrogens is 331 g/mol. The molecule has 0 atom stereocenters. The lowest BCUT2D eigenvalue weighted by Gasteiger charge is -2.03. The maximum atomic E-state index is 12.9. The van der Waals surface area contributed by atoms with E-state index in [0.29, 0.717) is 16.5 Å². The molecule has 0 N–H and O–H groups in total. The topological polar surface area (TPSA) is 65.5 Å². The van der Waals surface area contributed by atoms with Gasteiger partial charge in [-0.1, -0.05) is 11.3 Å². The second kappa shape index (κ2) is 6.25. The Bertz CT molecular complexity index is 974. The number of hydrogen-bond acceptors (Lipinski definition) is 6. The van der Waals surface area contributed by atoms with Crippen molar-refractivity contribution in [3.63, 3.8) is 0 Å². The van der Waals surface area contributed by atoms with Crippen LogP contribution in [-0.2, 0) is 6.61 Å². The fourth-order valence-electron chi connectivity index (χ4n) is 2.05. The molecule has 1 aromatic carbocycles. The number of halogens is 1. The summed E-state index contributed by atoms with van der Waals surface area (Å²) in [5.74, 6) is 1.57. The van der Waals surface area contributed by atoms with Gasteiger partial charge in [0, 0.05) is 0 Å². The number of rotatable bonds is 5. The van der Waals surface area contributed by atoms with Crippen LogP contribution in [0.2, 0.25) is 0 Å². The van der Waals surface area contributed by atoms with Crippen molar-refractivity contribution in [2.75, 3.05) is 0 Å². The number of fused-ring (bicyclic) bond motifs is 1. The quantitative estimate of drug-likeness (QED) is 0.554. The Labute approximate surface area is 139 Å². The van der Waals surface area contributed by atoms with Gasteiger partial charge in [-0.15, -0.1) is 10.2 Å². The lowest BCUT2D eigenvalue weighted by molar-refractivity contribution is 0.292. The lowest BCUT2D eigenvalue weighted by Crippen LogP contribution is -2.02. The van der Waals surface area contributed by atoms with E-state index in [1.807, 2.05) is 24.3 Å². The second-order valence-corrected chi connectivity index (χ2v) is 5.83. The molecule has 8 heteroatoms. The SMILES string of the molecule is Fc1ccc(OCc2nnc3sc(C=Cc4ccco4)nn23)cc1. The fraction of sp³-hybridized carbons (Fsp3) is 0.0625. The van der Waals surface area contributed by atoms with Gasteiger partial charge in [0.25, 0.3) is 0 Å². The van der Waals surface area contributed by atoms with Crippen molar-refractivity contribution in [3.05, 3.63) is 65.1 Å². The summed E-state index contributed by atoms with van der Waals surface area (Å²) in [6.45, 7) is 0.192. The van der Waals surface area contributed by atoms with Crippen LogP contribution in [0.3, 0.4) is 0 Å². The smallest absolute Gasteiger partial charge is 0.235 e. The molecule has 3 heterocycles. The molecule has 4 aromatic rings. The number of benzene rings is 1. The summed E-state index contributed by atoms with van der Waals surface area (Å²) in [6, 6.07) is 9.49. The molecule has 0 aliphatic rings. The first-order valence-electron chi connectivity index (χ1n) is 7.09. The third-order valence-corrected chi connectivity index (χ3v) is 4.05. The van der Waals surface area contributed by atoms with E-state index in [9.17, 15) is 4.39 Å². The zero-order valence-electron chi connectivity index (χ0n) is 12.3. The molecule has 24 heavy (non-hydrogen) atoms. The summed E-state index contributed by atoms with van der Waals surface area (Å²) in [4.78, 5) is 0.673. The van der Waals surface area contributed by atoms with Crippen molar-refractivity contribution in [1.29, 1.82) is 0 Å². The van der Waals surface area contributed by atoms with Crippen molar-refractivity contribution in [2.45, 2.75) is 6.61 Å². The number of furan rings is 1. The first-order valence-corrected chi connectivity index (χ1v) is 7.91. The van der Waals surface area contributed by atoms with Gasteiger partial charge in [0.05, 0.1) is 6.26 Å². The van der Waals surface area contributed by atoms with Crippen LogP contribution in [0.4, 0.5) is 4.39 Å². The summed E-state index contributed by atoms with van der Waals surface area (Å²) in [5.41, 5.74) is 0. The molecule has 0 spiro atoms. The maximum Gasteiger partial charge on any atom is 0.235 e. The van der Waals surface area contributed by atoms with Crippen LogP contribution < -0.4 is 4.74 Å². The summed E-state index contributed by atoms with van der Waals surface area (Å²) < 4.78 is 25.3. The van der Waals surface area contributed by atoms with E-state index in [1.165, 1.54) is 23.5 Å². The van der Waals surface area contributed by atoms with Crippen molar-refractivity contribution in [3.8, 4) is 5.75 Å². The summed E-state index contributed by atoms with van der Waals surface area (Å²) >= 11 is 1.41. The molecule has 4 rings (SSSR count). The van der Waals surface area contributed by atoms with E-state index in [0.717, 1.165) is 10.8 Å². The van der Waals surface area contributed by atoms with E-state index in [2.05, 4.69) is 15.3 Å². The molecule has 0 amide bonds. The Kier molecular flexibility index (Phi) is 3.80. The highest BCUT2D eigenvalue weighted by Gasteiger charge is 2.11. The molecule has 0 bridgehead atoms. The van der Waals surface area contributed by atoms with Crippen molar-refractivity contribution in [2.24, 2.45) is 0 Å². The summed E-state index contributed by atoms with van der Waals surface area (Å²) in [5, 5.41) is 13.4. The predicted molar refractivity (Wildman–Crippen MR) is 87.0 cm³/mol. The minimum Gasteiger partial charge on any atom is -0.486 e. The van der Waals surface area contributed by atoms with Gasteiger partial charge in [-0.05, 0) is 48.6 Å². The van der Waals surface area contributed by atoms with Gasteiger partial charge in [0.1, 0.15) is 28.9 Å². The predicted octanol–water partition coefficient (Wildman–Crippen LogP) is 3.67. The van der Waals surface area contributed by atoms with E-state index in [1.54, 1.807) is 22.9 Å². The highest BCUT2D eigenvalue weighted by atomic mass is 32.1. The third-order valence-electron chi connectivity index (χ3n) is 3.19. The molecule has 6 nitrogen and oxygen atoms in total. The molecule has 0 radical (unpaired) electrons. The van der Waals surface area contributed by atoms with E-state index >= 15 is 0 Å². The van der Waals surface area contributed by atoms with Crippen LogP contribution >= 0.6 is 11.3 Å². The molecule has 0 saturated carbocycles. The van der Waals surface area contributed by atoms with Crippen LogP contribution in [0.5, 0.6) is 5.75 Å². The number of aromatic nitrogens is 4. The van der Waals surface area contributed by atoms with Gasteiger partial charge >= 0.3 is 0 Å². The Morgan fingerprint density at radius 2 is 2.04 bits per heavy atom. The zero-order chi connectivity index (χ0) is 16.4. The minimum absolute atomic E-state index is 0.192. The van der Waals surface area contributed by atoms with Crippen LogP contribution in [-0.4, -0.2) is 19.8 Å². The molecule has 3 aromatic heterocycles. The number of nitrogens with zero attached hydrogens (tertiary/aromatic N) is 4. The third kappa shape index (κ3) is 3.04. The monoisotopic (exact) mass is 342 g/mol. The molecule has 0 aliphatic carbocycles. The van der Waals surface area contributed by atoms with E-state index in [4.69, 9.17) is 9.15 Å². The van der Waals surface area contributed by atoms with Gasteiger partial charge < -0.3 is 9.15 Å². The van der Waals surface area contributed by atoms with Gasteiger partial charge in [-0.25, -0.2) is 4.39 Å². The largest absolute Gasteiger partial charge is 0.486 e. The maximum absolute atomic E-state index is 12.9. The van der Waals surface area contributed by atoms with Gasteiger partial charge in [0.15, 0.2) is 5.82 Å². The highest BCUT2D eigenvalue weighted by molar-refractivity contribution is 7.17. The van der Waals surface area contributed by atoms with Crippen LogP contribution in [0, 0.1) is 5.82 Å². The van der Waals surface area contributed by atoms with Gasteiger partial charge in [-0.2, -0.15) is 9.61 Å². The van der Waals surface area contributed by atoms with Gasteiger partial charge in [0.2, 0.25) is 4.96 Å². The normalized spacial score (nSPS) is 11.5.